The summed E-state index contributed by atoms with van der Waals surface area (Å²) in [7, 11) is -2.70. The van der Waals surface area contributed by atoms with E-state index in [1.807, 2.05) is 18.2 Å². The zero-order valence-corrected chi connectivity index (χ0v) is 31.9. The SMILES string of the molecule is C1=CC(C2N=C(c3ccc(-n4c5ccccc5c5cc([Si](c6ccccc6)(c6ccccc6)c6ccccc6)ccc54)cc3)N=C(c3ccccc3)[N-]2)=CCC1. The van der Waals surface area contributed by atoms with Crippen LogP contribution >= 0.6 is 0 Å². The van der Waals surface area contributed by atoms with Gasteiger partial charge in [0.2, 0.25) is 0 Å². The molecular weight excluding hydrogens is 697 g/mol. The molecule has 1 aliphatic heterocycles. The van der Waals surface area contributed by atoms with E-state index in [9.17, 15) is 0 Å². The molecule has 1 aromatic heterocycles. The van der Waals surface area contributed by atoms with Gasteiger partial charge in [-0.05, 0) is 74.6 Å². The lowest BCUT2D eigenvalue weighted by Crippen LogP contribution is -2.74. The maximum Gasteiger partial charge on any atom is 0.179 e. The minimum absolute atomic E-state index is 0.321. The molecular formula is C51H39N4Si-. The molecule has 4 nitrogen and oxygen atoms in total. The quantitative estimate of drug-likeness (QED) is 0.110. The zero-order valence-electron chi connectivity index (χ0n) is 30.9. The van der Waals surface area contributed by atoms with Crippen LogP contribution in [0.2, 0.25) is 0 Å². The molecule has 0 bridgehead atoms. The Hall–Kier alpha value is -6.82. The summed E-state index contributed by atoms with van der Waals surface area (Å²) in [5.41, 5.74) is 6.52. The molecule has 1 atom stereocenters. The molecule has 1 unspecified atom stereocenters. The van der Waals surface area contributed by atoms with E-state index in [2.05, 4.69) is 193 Å². The van der Waals surface area contributed by atoms with Crippen LogP contribution in [0, 0.1) is 0 Å². The molecule has 2 aliphatic rings. The van der Waals surface area contributed by atoms with Gasteiger partial charge < -0.3 is 14.9 Å². The van der Waals surface area contributed by atoms with E-state index in [4.69, 9.17) is 15.3 Å². The Balaban J connectivity index is 1.11. The van der Waals surface area contributed by atoms with E-state index in [1.54, 1.807) is 0 Å². The average molecular weight is 736 g/mol. The highest BCUT2D eigenvalue weighted by Crippen LogP contribution is 2.33. The highest BCUT2D eigenvalue weighted by Gasteiger charge is 2.41. The van der Waals surface area contributed by atoms with Crippen molar-refractivity contribution in [2.24, 2.45) is 9.98 Å². The molecule has 7 aromatic carbocycles. The maximum absolute atomic E-state index is 5.09. The van der Waals surface area contributed by atoms with Crippen LogP contribution < -0.4 is 20.7 Å². The van der Waals surface area contributed by atoms with Crippen molar-refractivity contribution < 1.29 is 0 Å². The predicted octanol–water partition coefficient (Wildman–Crippen LogP) is 9.34. The van der Waals surface area contributed by atoms with Crippen LogP contribution in [0.4, 0.5) is 0 Å². The molecule has 0 saturated heterocycles. The number of allylic oxidation sites excluding steroid dienone is 2. The number of hydrogen-bond acceptors (Lipinski definition) is 2. The van der Waals surface area contributed by atoms with Crippen LogP contribution in [-0.2, 0) is 0 Å². The molecule has 10 rings (SSSR count). The molecule has 268 valence electrons. The van der Waals surface area contributed by atoms with E-state index >= 15 is 0 Å². The molecule has 0 amide bonds. The number of aromatic nitrogens is 1. The van der Waals surface area contributed by atoms with Gasteiger partial charge in [0.15, 0.2) is 8.07 Å². The van der Waals surface area contributed by atoms with Gasteiger partial charge in [-0.25, -0.2) is 0 Å². The van der Waals surface area contributed by atoms with Crippen LogP contribution in [0.15, 0.2) is 222 Å². The minimum atomic E-state index is -2.70. The summed E-state index contributed by atoms with van der Waals surface area (Å²) >= 11 is 0. The fourth-order valence-corrected chi connectivity index (χ4v) is 13.3. The van der Waals surface area contributed by atoms with Crippen molar-refractivity contribution in [1.82, 2.24) is 4.57 Å². The van der Waals surface area contributed by atoms with Gasteiger partial charge in [-0.3, -0.25) is 4.99 Å². The highest BCUT2D eigenvalue weighted by molar-refractivity contribution is 7.20. The Kier molecular flexibility index (Phi) is 8.69. The van der Waals surface area contributed by atoms with Crippen LogP contribution in [0.3, 0.4) is 0 Å². The third-order valence-corrected chi connectivity index (χ3v) is 15.9. The molecule has 56 heavy (non-hydrogen) atoms. The normalized spacial score (nSPS) is 15.6. The Morgan fingerprint density at radius 2 is 1.11 bits per heavy atom. The van der Waals surface area contributed by atoms with E-state index in [0.717, 1.165) is 35.2 Å². The summed E-state index contributed by atoms with van der Waals surface area (Å²) in [6.07, 6.45) is 8.36. The first-order valence-corrected chi connectivity index (χ1v) is 21.4. The van der Waals surface area contributed by atoms with Gasteiger partial charge in [0, 0.05) is 16.5 Å². The summed E-state index contributed by atoms with van der Waals surface area (Å²) in [5, 5.41) is 12.9. The molecule has 0 spiro atoms. The van der Waals surface area contributed by atoms with Crippen molar-refractivity contribution in [3.63, 3.8) is 0 Å². The van der Waals surface area contributed by atoms with Crippen LogP contribution in [0.5, 0.6) is 0 Å². The molecule has 5 heteroatoms. The van der Waals surface area contributed by atoms with Gasteiger partial charge in [-0.2, -0.15) is 0 Å². The second kappa shape index (κ2) is 14.4. The minimum Gasteiger partial charge on any atom is -0.438 e. The van der Waals surface area contributed by atoms with Gasteiger partial charge in [-0.1, -0.05) is 188 Å². The number of hydrogen-bond donors (Lipinski definition) is 0. The van der Waals surface area contributed by atoms with Crippen molar-refractivity contribution in [3.8, 4) is 5.69 Å². The monoisotopic (exact) mass is 735 g/mol. The van der Waals surface area contributed by atoms with Gasteiger partial charge in [-0.15, -0.1) is 0 Å². The van der Waals surface area contributed by atoms with Gasteiger partial charge in [0.1, 0.15) is 0 Å². The Morgan fingerprint density at radius 3 is 1.73 bits per heavy atom. The summed E-state index contributed by atoms with van der Waals surface area (Å²) in [4.78, 5) is 10.1. The van der Waals surface area contributed by atoms with Crippen molar-refractivity contribution in [1.29, 1.82) is 0 Å². The molecule has 2 heterocycles. The lowest BCUT2D eigenvalue weighted by molar-refractivity contribution is 0.900. The summed E-state index contributed by atoms with van der Waals surface area (Å²) in [6, 6.07) is 68.3. The first-order chi connectivity index (χ1) is 27.8. The Morgan fingerprint density at radius 1 is 0.518 bits per heavy atom. The van der Waals surface area contributed by atoms with Crippen molar-refractivity contribution in [2.75, 3.05) is 0 Å². The fourth-order valence-electron chi connectivity index (χ4n) is 8.57. The number of amidine groups is 2. The summed E-state index contributed by atoms with van der Waals surface area (Å²) < 4.78 is 2.39. The second-order valence-corrected chi connectivity index (χ2v) is 18.2. The lowest BCUT2D eigenvalue weighted by Gasteiger charge is -2.34. The zero-order chi connectivity index (χ0) is 37.3. The third-order valence-electron chi connectivity index (χ3n) is 11.2. The number of fused-ring (bicyclic) bond motifs is 3. The predicted molar refractivity (Wildman–Crippen MR) is 238 cm³/mol. The van der Waals surface area contributed by atoms with Crippen molar-refractivity contribution in [2.45, 2.75) is 19.0 Å². The topological polar surface area (TPSA) is 43.8 Å². The Bertz CT molecular complexity index is 2700. The fraction of sp³-hybridized carbons (Fsp3) is 0.0588. The van der Waals surface area contributed by atoms with Crippen LogP contribution in [-0.4, -0.2) is 30.5 Å². The number of nitrogens with zero attached hydrogens (tertiary/aromatic N) is 4. The number of rotatable bonds is 8. The number of para-hydroxylation sites is 1. The van der Waals surface area contributed by atoms with Gasteiger partial charge >= 0.3 is 0 Å². The van der Waals surface area contributed by atoms with Crippen molar-refractivity contribution in [3.05, 3.63) is 228 Å². The highest BCUT2D eigenvalue weighted by atomic mass is 28.3. The molecule has 1 aliphatic carbocycles. The second-order valence-electron chi connectivity index (χ2n) is 14.4. The van der Waals surface area contributed by atoms with Crippen LogP contribution in [0.25, 0.3) is 32.8 Å². The smallest absolute Gasteiger partial charge is 0.179 e. The standard InChI is InChI=1S/C51H39N4Si/c1-6-18-37(19-7-1)49-52-50(38-20-8-2-9-21-38)54-51(53-49)39-30-32-40(33-31-39)55-47-29-17-16-28-45(47)46-36-44(34-35-48(46)55)56(41-22-10-3-11-23-41,42-24-12-4-13-25-42)43-26-14-5-15-27-43/h1,3-8,10-36,50H,2,9H2/q-1. The first kappa shape index (κ1) is 33.7. The third kappa shape index (κ3) is 5.85. The van der Waals surface area contributed by atoms with Crippen molar-refractivity contribution >= 4 is 62.3 Å². The van der Waals surface area contributed by atoms with Gasteiger partial charge in [0.25, 0.3) is 0 Å². The largest absolute Gasteiger partial charge is 0.438 e. The van der Waals surface area contributed by atoms with E-state index in [1.165, 1.54) is 42.6 Å². The molecule has 0 radical (unpaired) electrons. The molecule has 0 N–H and O–H groups in total. The van der Waals surface area contributed by atoms with Crippen LogP contribution in [0.1, 0.15) is 24.0 Å². The molecule has 8 aromatic rings. The molecule has 0 saturated carbocycles. The molecule has 0 fully saturated rings. The average Bonchev–Trinajstić information content (AvgIpc) is 3.62. The van der Waals surface area contributed by atoms with E-state index < -0.39 is 8.07 Å². The number of benzene rings is 7. The first-order valence-electron chi connectivity index (χ1n) is 19.4. The van der Waals surface area contributed by atoms with E-state index in [0.29, 0.717) is 11.7 Å². The summed E-state index contributed by atoms with van der Waals surface area (Å²) in [6.45, 7) is 0. The number of aliphatic imine (C=N–C) groups is 2. The van der Waals surface area contributed by atoms with Gasteiger partial charge in [0.05, 0.1) is 23.0 Å². The van der Waals surface area contributed by atoms with E-state index in [-0.39, 0.29) is 6.17 Å². The lowest BCUT2D eigenvalue weighted by atomic mass is 10.0. The maximum atomic E-state index is 5.09. The Labute approximate surface area is 328 Å². The summed E-state index contributed by atoms with van der Waals surface area (Å²) in [5.74, 6) is 1.41.